The van der Waals surface area contributed by atoms with Crippen LogP contribution in [0.25, 0.3) is 0 Å². The van der Waals surface area contributed by atoms with Crippen LogP contribution in [-0.2, 0) is 0 Å². The van der Waals surface area contributed by atoms with Crippen molar-refractivity contribution in [1.82, 2.24) is 9.97 Å². The van der Waals surface area contributed by atoms with E-state index >= 15 is 0 Å². The van der Waals surface area contributed by atoms with E-state index in [2.05, 4.69) is 20.7 Å². The fraction of sp³-hybridized carbons (Fsp3) is 0.333. The molecule has 0 radical (unpaired) electrons. The van der Waals surface area contributed by atoms with E-state index in [0.717, 1.165) is 35.9 Å². The lowest BCUT2D eigenvalue weighted by Crippen LogP contribution is -2.11. The van der Waals surface area contributed by atoms with E-state index in [0.29, 0.717) is 18.3 Å². The Kier molecular flexibility index (Phi) is 3.87. The third-order valence-corrected chi connectivity index (χ3v) is 3.27. The molecule has 0 spiro atoms. The normalized spacial score (nSPS) is 13.8. The van der Waals surface area contributed by atoms with Crippen LogP contribution in [0.4, 0.5) is 17.3 Å². The van der Waals surface area contributed by atoms with E-state index in [4.69, 9.17) is 10.6 Å². The molecule has 1 aliphatic carbocycles. The van der Waals surface area contributed by atoms with E-state index in [9.17, 15) is 0 Å². The van der Waals surface area contributed by atoms with E-state index in [1.165, 1.54) is 0 Å². The molecule has 0 unspecified atom stereocenters. The van der Waals surface area contributed by atoms with Gasteiger partial charge in [-0.25, -0.2) is 15.8 Å². The molecule has 110 valence electrons. The number of hydrazine groups is 1. The van der Waals surface area contributed by atoms with E-state index in [1.54, 1.807) is 6.07 Å². The van der Waals surface area contributed by atoms with Crippen LogP contribution < -0.4 is 21.3 Å². The summed E-state index contributed by atoms with van der Waals surface area (Å²) in [6.45, 7) is 2.63. The first kappa shape index (κ1) is 13.6. The molecule has 4 N–H and O–H groups in total. The standard InChI is InChI=1S/C15H19N5O/c1-2-21-12-7-5-11(6-8-12)17-13-9-14(20-16)19-15(18-13)10-3-4-10/h5-10H,2-4,16H2,1H3,(H2,17,18,19,20). The Morgan fingerprint density at radius 1 is 1.19 bits per heavy atom. The molecule has 2 aromatic rings. The van der Waals surface area contributed by atoms with Crippen molar-refractivity contribution < 1.29 is 4.74 Å². The van der Waals surface area contributed by atoms with E-state index in [-0.39, 0.29) is 0 Å². The lowest BCUT2D eigenvalue weighted by Gasteiger charge is -2.10. The van der Waals surface area contributed by atoms with Gasteiger partial charge >= 0.3 is 0 Å². The molecule has 0 atom stereocenters. The third kappa shape index (κ3) is 3.41. The summed E-state index contributed by atoms with van der Waals surface area (Å²) in [6.07, 6.45) is 2.30. The lowest BCUT2D eigenvalue weighted by molar-refractivity contribution is 0.340. The van der Waals surface area contributed by atoms with Crippen LogP contribution in [0, 0.1) is 0 Å². The van der Waals surface area contributed by atoms with Crippen molar-refractivity contribution in [2.24, 2.45) is 5.84 Å². The second-order valence-corrected chi connectivity index (χ2v) is 5.00. The van der Waals surface area contributed by atoms with Crippen LogP contribution in [0.5, 0.6) is 5.75 Å². The fourth-order valence-electron chi connectivity index (χ4n) is 2.08. The molecule has 6 nitrogen and oxygen atoms in total. The van der Waals surface area contributed by atoms with Crippen molar-refractivity contribution in [3.05, 3.63) is 36.2 Å². The highest BCUT2D eigenvalue weighted by molar-refractivity contribution is 5.60. The zero-order valence-electron chi connectivity index (χ0n) is 12.0. The van der Waals surface area contributed by atoms with Gasteiger partial charge in [0.1, 0.15) is 23.2 Å². The molecule has 21 heavy (non-hydrogen) atoms. The van der Waals surface area contributed by atoms with Crippen LogP contribution in [0.1, 0.15) is 31.5 Å². The Balaban J connectivity index is 1.78. The van der Waals surface area contributed by atoms with Gasteiger partial charge in [-0.15, -0.1) is 0 Å². The number of hydrogen-bond donors (Lipinski definition) is 3. The number of nitrogens with two attached hydrogens (primary N) is 1. The zero-order chi connectivity index (χ0) is 14.7. The number of hydrogen-bond acceptors (Lipinski definition) is 6. The summed E-state index contributed by atoms with van der Waals surface area (Å²) in [5.74, 6) is 9.01. The molecule has 1 saturated carbocycles. The number of rotatable bonds is 6. The largest absolute Gasteiger partial charge is 0.494 e. The van der Waals surface area contributed by atoms with Gasteiger partial charge < -0.3 is 15.5 Å². The molecule has 0 bridgehead atoms. The van der Waals surface area contributed by atoms with Crippen molar-refractivity contribution >= 4 is 17.3 Å². The second kappa shape index (κ2) is 5.97. The summed E-state index contributed by atoms with van der Waals surface area (Å²) in [7, 11) is 0. The maximum absolute atomic E-state index is 5.47. The molecule has 0 amide bonds. The van der Waals surface area contributed by atoms with Gasteiger partial charge in [-0.05, 0) is 44.0 Å². The molecule has 6 heteroatoms. The van der Waals surface area contributed by atoms with E-state index in [1.807, 2.05) is 31.2 Å². The van der Waals surface area contributed by atoms with Crippen LogP contribution in [0.15, 0.2) is 30.3 Å². The molecular formula is C15H19N5O. The first-order valence-electron chi connectivity index (χ1n) is 7.14. The quantitative estimate of drug-likeness (QED) is 0.559. The summed E-state index contributed by atoms with van der Waals surface area (Å²) in [6, 6.07) is 9.56. The Bertz CT molecular complexity index is 610. The molecule has 0 aliphatic heterocycles. The van der Waals surface area contributed by atoms with Crippen molar-refractivity contribution in [2.45, 2.75) is 25.7 Å². The van der Waals surface area contributed by atoms with Gasteiger partial charge in [-0.1, -0.05) is 0 Å². The molecule has 1 heterocycles. The smallest absolute Gasteiger partial charge is 0.145 e. The molecule has 1 fully saturated rings. The van der Waals surface area contributed by atoms with Crippen LogP contribution >= 0.6 is 0 Å². The number of nitrogens with one attached hydrogen (secondary N) is 2. The van der Waals surface area contributed by atoms with Gasteiger partial charge in [-0.3, -0.25) is 0 Å². The number of benzene rings is 1. The van der Waals surface area contributed by atoms with Crippen LogP contribution in [-0.4, -0.2) is 16.6 Å². The van der Waals surface area contributed by atoms with Gasteiger partial charge in [0.05, 0.1) is 6.61 Å². The van der Waals surface area contributed by atoms with Crippen molar-refractivity contribution in [3.63, 3.8) is 0 Å². The highest BCUT2D eigenvalue weighted by atomic mass is 16.5. The number of nitrogens with zero attached hydrogens (tertiary/aromatic N) is 2. The minimum atomic E-state index is 0.471. The van der Waals surface area contributed by atoms with Gasteiger partial charge in [-0.2, -0.15) is 0 Å². The number of nitrogen functional groups attached to an aromatic ring is 1. The molecule has 3 rings (SSSR count). The Labute approximate surface area is 123 Å². The molecule has 0 saturated heterocycles. The minimum absolute atomic E-state index is 0.471. The molecular weight excluding hydrogens is 266 g/mol. The fourth-order valence-corrected chi connectivity index (χ4v) is 2.08. The number of anilines is 3. The van der Waals surface area contributed by atoms with E-state index < -0.39 is 0 Å². The maximum atomic E-state index is 5.47. The predicted octanol–water partition coefficient (Wildman–Crippen LogP) is 2.78. The van der Waals surface area contributed by atoms with Gasteiger partial charge in [0, 0.05) is 17.7 Å². The highest BCUT2D eigenvalue weighted by Crippen LogP contribution is 2.39. The first-order valence-corrected chi connectivity index (χ1v) is 7.14. The van der Waals surface area contributed by atoms with Crippen LogP contribution in [0.2, 0.25) is 0 Å². The van der Waals surface area contributed by atoms with Crippen molar-refractivity contribution in [2.75, 3.05) is 17.3 Å². The summed E-state index contributed by atoms with van der Waals surface area (Å²) < 4.78 is 5.43. The number of aromatic nitrogens is 2. The Hall–Kier alpha value is -2.34. The van der Waals surface area contributed by atoms with Gasteiger partial charge in [0.15, 0.2) is 0 Å². The lowest BCUT2D eigenvalue weighted by atomic mass is 10.3. The predicted molar refractivity (Wildman–Crippen MR) is 82.7 cm³/mol. The minimum Gasteiger partial charge on any atom is -0.494 e. The Morgan fingerprint density at radius 2 is 1.90 bits per heavy atom. The highest BCUT2D eigenvalue weighted by Gasteiger charge is 2.27. The topological polar surface area (TPSA) is 85.1 Å². The zero-order valence-corrected chi connectivity index (χ0v) is 12.0. The maximum Gasteiger partial charge on any atom is 0.145 e. The average Bonchev–Trinajstić information content (AvgIpc) is 3.34. The first-order chi connectivity index (χ1) is 10.3. The molecule has 1 aliphatic rings. The summed E-state index contributed by atoms with van der Waals surface area (Å²) in [4.78, 5) is 8.94. The number of ether oxygens (including phenoxy) is 1. The second-order valence-electron chi connectivity index (χ2n) is 5.00. The Morgan fingerprint density at radius 3 is 2.52 bits per heavy atom. The molecule has 1 aromatic heterocycles. The van der Waals surface area contributed by atoms with Crippen LogP contribution in [0.3, 0.4) is 0 Å². The van der Waals surface area contributed by atoms with Crippen molar-refractivity contribution in [3.8, 4) is 5.75 Å². The summed E-state index contributed by atoms with van der Waals surface area (Å²) in [5.41, 5.74) is 3.54. The molecule has 1 aromatic carbocycles. The third-order valence-electron chi connectivity index (χ3n) is 3.27. The van der Waals surface area contributed by atoms with Gasteiger partial charge in [0.25, 0.3) is 0 Å². The van der Waals surface area contributed by atoms with Gasteiger partial charge in [0.2, 0.25) is 0 Å². The summed E-state index contributed by atoms with van der Waals surface area (Å²) in [5, 5.41) is 3.27. The van der Waals surface area contributed by atoms with Crippen molar-refractivity contribution in [1.29, 1.82) is 0 Å². The average molecular weight is 285 g/mol. The summed E-state index contributed by atoms with van der Waals surface area (Å²) >= 11 is 0. The SMILES string of the molecule is CCOc1ccc(Nc2cc(NN)nc(C3CC3)n2)cc1. The monoisotopic (exact) mass is 285 g/mol.